The maximum Gasteiger partial charge on any atom is 0.305 e. The Morgan fingerprint density at radius 1 is 1.24 bits per heavy atom. The van der Waals surface area contributed by atoms with Crippen LogP contribution in [0, 0.1) is 13.8 Å². The smallest absolute Gasteiger partial charge is 0.305 e. The Hall–Kier alpha value is -2.61. The molecular formula is C17H20N2O5S. The van der Waals surface area contributed by atoms with Crippen molar-refractivity contribution < 1.29 is 24.2 Å². The number of thiazole rings is 1. The molecule has 0 aliphatic carbocycles. The third-order valence-electron chi connectivity index (χ3n) is 3.60. The average Bonchev–Trinajstić information content (AvgIpc) is 2.91. The van der Waals surface area contributed by atoms with E-state index in [-0.39, 0.29) is 12.3 Å². The molecule has 25 heavy (non-hydrogen) atoms. The third kappa shape index (κ3) is 4.48. The van der Waals surface area contributed by atoms with Gasteiger partial charge in [-0.2, -0.15) is 0 Å². The minimum absolute atomic E-state index is 0.252. The highest BCUT2D eigenvalue weighted by Gasteiger charge is 2.22. The molecule has 2 N–H and O–H groups in total. The molecule has 0 fully saturated rings. The predicted octanol–water partition coefficient (Wildman–Crippen LogP) is 2.72. The van der Waals surface area contributed by atoms with E-state index in [4.69, 9.17) is 9.47 Å². The van der Waals surface area contributed by atoms with Gasteiger partial charge in [-0.15, -0.1) is 11.3 Å². The molecule has 7 nitrogen and oxygen atoms in total. The number of methoxy groups -OCH3 is 2. The van der Waals surface area contributed by atoms with Gasteiger partial charge in [0.2, 0.25) is 0 Å². The Balaban J connectivity index is 2.31. The van der Waals surface area contributed by atoms with E-state index in [1.807, 2.05) is 6.92 Å². The number of hydrogen-bond acceptors (Lipinski definition) is 6. The van der Waals surface area contributed by atoms with Crippen LogP contribution in [0.3, 0.4) is 0 Å². The normalized spacial score (nSPS) is 11.7. The molecule has 1 unspecified atom stereocenters. The van der Waals surface area contributed by atoms with Gasteiger partial charge >= 0.3 is 5.97 Å². The summed E-state index contributed by atoms with van der Waals surface area (Å²) in [4.78, 5) is 28.5. The highest BCUT2D eigenvalue weighted by Crippen LogP contribution is 2.31. The van der Waals surface area contributed by atoms with Crippen molar-refractivity contribution in [2.45, 2.75) is 26.3 Å². The van der Waals surface area contributed by atoms with Gasteiger partial charge in [-0.05, 0) is 31.5 Å². The van der Waals surface area contributed by atoms with E-state index in [0.29, 0.717) is 27.6 Å². The first-order valence-electron chi connectivity index (χ1n) is 7.54. The Morgan fingerprint density at radius 3 is 2.44 bits per heavy atom. The minimum Gasteiger partial charge on any atom is -0.493 e. The molecule has 0 radical (unpaired) electrons. The molecular weight excluding hydrogens is 344 g/mol. The molecule has 0 bridgehead atoms. The minimum atomic E-state index is -1.02. The molecule has 1 amide bonds. The number of aliphatic carboxylic acids is 1. The lowest BCUT2D eigenvalue weighted by Crippen LogP contribution is -2.30. The fourth-order valence-electron chi connectivity index (χ4n) is 2.46. The Bertz CT molecular complexity index is 787. The second-order valence-electron chi connectivity index (χ2n) is 5.39. The van der Waals surface area contributed by atoms with Gasteiger partial charge in [0.05, 0.1) is 37.4 Å². The number of amides is 1. The number of rotatable bonds is 7. The molecule has 1 atom stereocenters. The second-order valence-corrected chi connectivity index (χ2v) is 6.59. The van der Waals surface area contributed by atoms with Crippen LogP contribution in [-0.2, 0) is 4.79 Å². The summed E-state index contributed by atoms with van der Waals surface area (Å²) in [6.07, 6.45) is -0.252. The van der Waals surface area contributed by atoms with E-state index >= 15 is 0 Å². The van der Waals surface area contributed by atoms with Gasteiger partial charge in [-0.1, -0.05) is 6.07 Å². The first kappa shape index (κ1) is 18.7. The second kappa shape index (κ2) is 7.98. The van der Waals surface area contributed by atoms with Crippen molar-refractivity contribution in [2.24, 2.45) is 0 Å². The Morgan fingerprint density at radius 2 is 1.92 bits per heavy atom. The molecule has 8 heteroatoms. The monoisotopic (exact) mass is 364 g/mol. The molecule has 2 aromatic rings. The van der Waals surface area contributed by atoms with Crippen molar-refractivity contribution >= 4 is 23.2 Å². The molecule has 134 valence electrons. The zero-order valence-electron chi connectivity index (χ0n) is 14.5. The van der Waals surface area contributed by atoms with Gasteiger partial charge in [0.15, 0.2) is 11.5 Å². The van der Waals surface area contributed by atoms with E-state index in [1.165, 1.54) is 25.6 Å². The third-order valence-corrected chi connectivity index (χ3v) is 4.68. The van der Waals surface area contributed by atoms with Crippen LogP contribution in [-0.4, -0.2) is 36.2 Å². The molecule has 0 aliphatic heterocycles. The van der Waals surface area contributed by atoms with Crippen molar-refractivity contribution in [3.63, 3.8) is 0 Å². The zero-order chi connectivity index (χ0) is 18.6. The first-order valence-corrected chi connectivity index (χ1v) is 8.36. The summed E-state index contributed by atoms with van der Waals surface area (Å²) in [5.41, 5.74) is 1.24. The fourth-order valence-corrected chi connectivity index (χ4v) is 3.29. The summed E-state index contributed by atoms with van der Waals surface area (Å²) in [6.45, 7) is 3.57. The number of hydrogen-bond donors (Lipinski definition) is 2. The van der Waals surface area contributed by atoms with E-state index in [1.54, 1.807) is 25.1 Å². The van der Waals surface area contributed by atoms with Crippen LogP contribution in [0.2, 0.25) is 0 Å². The van der Waals surface area contributed by atoms with Crippen molar-refractivity contribution in [1.82, 2.24) is 10.3 Å². The molecule has 0 saturated heterocycles. The number of nitrogens with zero attached hydrogens (tertiary/aromatic N) is 1. The number of nitrogens with one attached hydrogen (secondary N) is 1. The number of benzene rings is 1. The zero-order valence-corrected chi connectivity index (χ0v) is 15.3. The van der Waals surface area contributed by atoms with Crippen molar-refractivity contribution in [1.29, 1.82) is 0 Å². The van der Waals surface area contributed by atoms with Crippen LogP contribution in [0.15, 0.2) is 18.2 Å². The largest absolute Gasteiger partial charge is 0.493 e. The van der Waals surface area contributed by atoms with Crippen LogP contribution in [0.4, 0.5) is 0 Å². The van der Waals surface area contributed by atoms with E-state index in [9.17, 15) is 14.7 Å². The number of carbonyl (C=O) groups is 2. The van der Waals surface area contributed by atoms with Crippen LogP contribution in [0.25, 0.3) is 0 Å². The summed E-state index contributed by atoms with van der Waals surface area (Å²) >= 11 is 1.28. The molecule has 0 aliphatic rings. The van der Waals surface area contributed by atoms with Crippen LogP contribution in [0.1, 0.15) is 38.4 Å². The lowest BCUT2D eigenvalue weighted by atomic mass is 10.0. The molecule has 1 aromatic heterocycles. The average molecular weight is 364 g/mol. The molecule has 0 spiro atoms. The topological polar surface area (TPSA) is 97.8 Å². The number of carboxylic acids is 1. The SMILES string of the molecule is COc1ccc(C(CC(=O)O)NC(=O)c2sc(C)nc2C)cc1OC. The number of ether oxygens (including phenoxy) is 2. The first-order chi connectivity index (χ1) is 11.8. The van der Waals surface area contributed by atoms with E-state index in [2.05, 4.69) is 10.3 Å². The van der Waals surface area contributed by atoms with Crippen LogP contribution >= 0.6 is 11.3 Å². The summed E-state index contributed by atoms with van der Waals surface area (Å²) in [7, 11) is 3.01. The number of aromatic nitrogens is 1. The maximum absolute atomic E-state index is 12.5. The quantitative estimate of drug-likeness (QED) is 0.784. The predicted molar refractivity (Wildman–Crippen MR) is 93.6 cm³/mol. The van der Waals surface area contributed by atoms with Gasteiger partial charge in [0.25, 0.3) is 5.91 Å². The standard InChI is InChI=1S/C17H20N2O5S/c1-9-16(25-10(2)18-9)17(22)19-12(8-15(20)21)11-5-6-13(23-3)14(7-11)24-4/h5-7,12H,8H2,1-4H3,(H,19,22)(H,20,21). The number of carbonyl (C=O) groups excluding carboxylic acids is 1. The lowest BCUT2D eigenvalue weighted by Gasteiger charge is -2.19. The summed E-state index contributed by atoms with van der Waals surface area (Å²) in [5.74, 6) is -0.364. The lowest BCUT2D eigenvalue weighted by molar-refractivity contribution is -0.137. The van der Waals surface area contributed by atoms with Gasteiger partial charge in [0.1, 0.15) is 4.88 Å². The number of carboxylic acid groups (broad SMARTS) is 1. The van der Waals surface area contributed by atoms with Gasteiger partial charge in [0, 0.05) is 0 Å². The van der Waals surface area contributed by atoms with Crippen LogP contribution < -0.4 is 14.8 Å². The highest BCUT2D eigenvalue weighted by atomic mass is 32.1. The molecule has 1 heterocycles. The summed E-state index contributed by atoms with van der Waals surface area (Å²) < 4.78 is 10.4. The molecule has 1 aromatic carbocycles. The maximum atomic E-state index is 12.5. The number of aryl methyl sites for hydroxylation is 2. The van der Waals surface area contributed by atoms with E-state index < -0.39 is 12.0 Å². The molecule has 2 rings (SSSR count). The Kier molecular flexibility index (Phi) is 5.97. The van der Waals surface area contributed by atoms with Crippen molar-refractivity contribution in [3.05, 3.63) is 39.3 Å². The van der Waals surface area contributed by atoms with Gasteiger partial charge in [-0.3, -0.25) is 9.59 Å². The van der Waals surface area contributed by atoms with Crippen molar-refractivity contribution in [2.75, 3.05) is 14.2 Å². The fraction of sp³-hybridized carbons (Fsp3) is 0.353. The summed E-state index contributed by atoms with van der Waals surface area (Å²) in [5, 5.41) is 12.8. The highest BCUT2D eigenvalue weighted by molar-refractivity contribution is 7.13. The Labute approximate surface area is 149 Å². The molecule has 0 saturated carbocycles. The van der Waals surface area contributed by atoms with Crippen LogP contribution in [0.5, 0.6) is 11.5 Å². The van der Waals surface area contributed by atoms with E-state index in [0.717, 1.165) is 5.01 Å². The summed E-state index contributed by atoms with van der Waals surface area (Å²) in [6, 6.07) is 4.35. The van der Waals surface area contributed by atoms with Gasteiger partial charge < -0.3 is 19.9 Å². The van der Waals surface area contributed by atoms with Gasteiger partial charge in [-0.25, -0.2) is 4.98 Å². The van der Waals surface area contributed by atoms with Crippen molar-refractivity contribution in [3.8, 4) is 11.5 Å².